The molecule has 0 unspecified atom stereocenters. The molecule has 0 aromatic carbocycles. The fourth-order valence-corrected chi connectivity index (χ4v) is 1.91. The summed E-state index contributed by atoms with van der Waals surface area (Å²) in [5.74, 6) is -1.40. The van der Waals surface area contributed by atoms with Gasteiger partial charge in [0.05, 0.1) is 0 Å². The Kier molecular flexibility index (Phi) is 2.98. The molecular weight excluding hydrogens is 262 g/mol. The highest BCUT2D eigenvalue weighted by Crippen LogP contribution is 2.25. The zero-order valence-electron chi connectivity index (χ0n) is 9.02. The molecule has 2 heterocycles. The van der Waals surface area contributed by atoms with Crippen LogP contribution in [0.25, 0.3) is 10.8 Å². The third kappa shape index (κ3) is 2.02. The van der Waals surface area contributed by atoms with Gasteiger partial charge in [-0.3, -0.25) is 9.36 Å². The first-order valence-electron chi connectivity index (χ1n) is 4.61. The smallest absolute Gasteiger partial charge is 0.499 e. The summed E-state index contributed by atoms with van der Waals surface area (Å²) >= 11 is 1.21. The normalized spacial score (nSPS) is 10.3. The first-order chi connectivity index (χ1) is 8.50. The number of carbonyl (C=O) groups is 1. The van der Waals surface area contributed by atoms with Gasteiger partial charge in [0.1, 0.15) is 0 Å². The van der Waals surface area contributed by atoms with Gasteiger partial charge >= 0.3 is 6.16 Å². The third-order valence-corrected chi connectivity index (χ3v) is 2.81. The first-order valence-corrected chi connectivity index (χ1v) is 5.49. The van der Waals surface area contributed by atoms with Crippen LogP contribution in [0.5, 0.6) is 11.6 Å². The van der Waals surface area contributed by atoms with E-state index in [1.807, 2.05) is 0 Å². The molecule has 2 aromatic rings. The van der Waals surface area contributed by atoms with E-state index in [4.69, 9.17) is 5.11 Å². The molecule has 2 N–H and O–H groups in total. The standard InChI is InChI=1S/C9H7N3O5S/c1-12-5(7-10-2-3-18-7)11-6(17-9(15)16)4(13)8(12)14/h2-3,13H,1H3,(H,15,16). The molecule has 8 nitrogen and oxygen atoms in total. The molecule has 0 aliphatic heterocycles. The zero-order valence-corrected chi connectivity index (χ0v) is 9.84. The highest BCUT2D eigenvalue weighted by Gasteiger charge is 2.19. The van der Waals surface area contributed by atoms with Crippen molar-refractivity contribution in [2.24, 2.45) is 7.05 Å². The minimum Gasteiger partial charge on any atom is -0.499 e. The minimum atomic E-state index is -1.67. The zero-order chi connectivity index (χ0) is 13.3. The molecule has 0 saturated heterocycles. The average molecular weight is 269 g/mol. The monoisotopic (exact) mass is 269 g/mol. The maximum atomic E-state index is 11.7. The molecule has 0 aliphatic rings. The summed E-state index contributed by atoms with van der Waals surface area (Å²) in [6.45, 7) is 0. The van der Waals surface area contributed by atoms with Gasteiger partial charge in [0.15, 0.2) is 10.8 Å². The van der Waals surface area contributed by atoms with Crippen molar-refractivity contribution in [1.82, 2.24) is 14.5 Å². The average Bonchev–Trinajstić information content (AvgIpc) is 2.83. The van der Waals surface area contributed by atoms with E-state index >= 15 is 0 Å². The first kappa shape index (κ1) is 12.0. The number of hydrogen-bond acceptors (Lipinski definition) is 7. The maximum Gasteiger partial charge on any atom is 0.512 e. The van der Waals surface area contributed by atoms with E-state index in [9.17, 15) is 14.7 Å². The van der Waals surface area contributed by atoms with Gasteiger partial charge in [0.25, 0.3) is 11.4 Å². The van der Waals surface area contributed by atoms with Crippen molar-refractivity contribution >= 4 is 17.5 Å². The van der Waals surface area contributed by atoms with Crippen LogP contribution in [0.15, 0.2) is 16.4 Å². The number of carboxylic acid groups (broad SMARTS) is 1. The van der Waals surface area contributed by atoms with Crippen molar-refractivity contribution in [1.29, 1.82) is 0 Å². The second-order valence-corrected chi connectivity index (χ2v) is 4.05. The summed E-state index contributed by atoms with van der Waals surface area (Å²) in [6.07, 6.45) is -0.160. The summed E-state index contributed by atoms with van der Waals surface area (Å²) in [5, 5.41) is 20.0. The highest BCUT2D eigenvalue weighted by atomic mass is 32.1. The van der Waals surface area contributed by atoms with E-state index in [-0.39, 0.29) is 5.82 Å². The van der Waals surface area contributed by atoms with Crippen molar-refractivity contribution in [3.8, 4) is 22.5 Å². The van der Waals surface area contributed by atoms with Crippen molar-refractivity contribution < 1.29 is 19.7 Å². The van der Waals surface area contributed by atoms with Crippen LogP contribution in [-0.4, -0.2) is 30.9 Å². The van der Waals surface area contributed by atoms with Crippen molar-refractivity contribution in [3.63, 3.8) is 0 Å². The van der Waals surface area contributed by atoms with Crippen LogP contribution in [0, 0.1) is 0 Å². The summed E-state index contributed by atoms with van der Waals surface area (Å²) in [4.78, 5) is 29.8. The lowest BCUT2D eigenvalue weighted by Gasteiger charge is -2.07. The molecule has 0 atom stereocenters. The Bertz CT molecular complexity index is 649. The van der Waals surface area contributed by atoms with Gasteiger partial charge in [-0.2, -0.15) is 4.98 Å². The van der Waals surface area contributed by atoms with E-state index in [1.165, 1.54) is 24.6 Å². The molecule has 0 radical (unpaired) electrons. The maximum absolute atomic E-state index is 11.7. The van der Waals surface area contributed by atoms with E-state index in [1.54, 1.807) is 5.38 Å². The quantitative estimate of drug-likeness (QED) is 0.770. The van der Waals surface area contributed by atoms with Gasteiger partial charge in [-0.05, 0) is 0 Å². The van der Waals surface area contributed by atoms with Crippen LogP contribution in [0.3, 0.4) is 0 Å². The van der Waals surface area contributed by atoms with Crippen LogP contribution in [0.2, 0.25) is 0 Å². The van der Waals surface area contributed by atoms with E-state index in [0.29, 0.717) is 5.01 Å². The Morgan fingerprint density at radius 1 is 1.56 bits per heavy atom. The lowest BCUT2D eigenvalue weighted by molar-refractivity contribution is 0.140. The minimum absolute atomic E-state index is 0.115. The summed E-state index contributed by atoms with van der Waals surface area (Å²) < 4.78 is 5.30. The number of rotatable bonds is 2. The fourth-order valence-electron chi connectivity index (χ4n) is 1.25. The van der Waals surface area contributed by atoms with E-state index in [2.05, 4.69) is 14.7 Å². The third-order valence-electron chi connectivity index (χ3n) is 2.04. The van der Waals surface area contributed by atoms with Gasteiger partial charge in [0, 0.05) is 18.6 Å². The molecule has 0 bridgehead atoms. The molecule has 9 heteroatoms. The molecule has 0 spiro atoms. The molecular formula is C9H7N3O5S. The van der Waals surface area contributed by atoms with Crippen LogP contribution < -0.4 is 10.3 Å². The van der Waals surface area contributed by atoms with Gasteiger partial charge < -0.3 is 14.9 Å². The molecule has 94 valence electrons. The van der Waals surface area contributed by atoms with Crippen LogP contribution in [0.4, 0.5) is 4.79 Å². The number of hydrogen-bond donors (Lipinski definition) is 2. The van der Waals surface area contributed by atoms with Gasteiger partial charge in [-0.1, -0.05) is 0 Å². The largest absolute Gasteiger partial charge is 0.512 e. The highest BCUT2D eigenvalue weighted by molar-refractivity contribution is 7.13. The number of nitrogens with zero attached hydrogens (tertiary/aromatic N) is 3. The second-order valence-electron chi connectivity index (χ2n) is 3.16. The lowest BCUT2D eigenvalue weighted by atomic mass is 10.5. The Labute approximate surface area is 104 Å². The van der Waals surface area contributed by atoms with Crippen molar-refractivity contribution in [2.45, 2.75) is 0 Å². The number of ether oxygens (including phenoxy) is 1. The molecule has 0 amide bonds. The SMILES string of the molecule is Cn1c(-c2nccs2)nc(OC(=O)O)c(O)c1=O. The Morgan fingerprint density at radius 3 is 2.83 bits per heavy atom. The Hall–Kier alpha value is -2.42. The molecule has 0 fully saturated rings. The number of thiazole rings is 1. The van der Waals surface area contributed by atoms with Gasteiger partial charge in [0.2, 0.25) is 5.75 Å². The van der Waals surface area contributed by atoms with E-state index in [0.717, 1.165) is 4.57 Å². The topological polar surface area (TPSA) is 115 Å². The van der Waals surface area contributed by atoms with Crippen LogP contribution >= 0.6 is 11.3 Å². The molecule has 2 rings (SSSR count). The molecule has 0 aliphatic carbocycles. The van der Waals surface area contributed by atoms with Gasteiger partial charge in [-0.15, -0.1) is 11.3 Å². The predicted octanol–water partition coefficient (Wildman–Crippen LogP) is 0.666. The predicted molar refractivity (Wildman–Crippen MR) is 60.9 cm³/mol. The lowest BCUT2D eigenvalue weighted by Crippen LogP contribution is -2.21. The van der Waals surface area contributed by atoms with Gasteiger partial charge in [-0.25, -0.2) is 9.78 Å². The van der Waals surface area contributed by atoms with E-state index < -0.39 is 23.3 Å². The van der Waals surface area contributed by atoms with Crippen molar-refractivity contribution in [2.75, 3.05) is 0 Å². The molecule has 0 saturated carbocycles. The fraction of sp³-hybridized carbons (Fsp3) is 0.111. The number of aromatic hydroxyl groups is 1. The molecule has 2 aromatic heterocycles. The Balaban J connectivity index is 2.65. The summed E-state index contributed by atoms with van der Waals surface area (Å²) in [6, 6.07) is 0. The summed E-state index contributed by atoms with van der Waals surface area (Å²) in [7, 11) is 1.39. The number of aromatic nitrogens is 3. The second kappa shape index (κ2) is 4.45. The van der Waals surface area contributed by atoms with Crippen LogP contribution in [0.1, 0.15) is 0 Å². The van der Waals surface area contributed by atoms with Crippen LogP contribution in [-0.2, 0) is 7.05 Å². The molecule has 18 heavy (non-hydrogen) atoms. The summed E-state index contributed by atoms with van der Waals surface area (Å²) in [5.41, 5.74) is -0.813. The van der Waals surface area contributed by atoms with Crippen molar-refractivity contribution in [3.05, 3.63) is 21.9 Å². The Morgan fingerprint density at radius 2 is 2.28 bits per heavy atom.